The van der Waals surface area contributed by atoms with Crippen molar-refractivity contribution in [3.05, 3.63) is 321 Å². The molecule has 0 saturated heterocycles. The predicted octanol–water partition coefficient (Wildman–Crippen LogP) is 20.7. The Bertz CT molecular complexity index is 3460. The molecule has 0 aliphatic heterocycles. The second-order valence-electron chi connectivity index (χ2n) is 21.6. The first kappa shape index (κ1) is 55.1. The van der Waals surface area contributed by atoms with E-state index in [4.69, 9.17) is 4.99 Å². The van der Waals surface area contributed by atoms with Gasteiger partial charge in [-0.3, -0.25) is 0 Å². The number of hydrogen-bond donors (Lipinski definition) is 0. The molecule has 0 fully saturated rings. The number of benzene rings is 8. The van der Waals surface area contributed by atoms with E-state index in [1.54, 1.807) is 0 Å². The standard InChI is InChI=1S/C37H38.C26H25N.C7H8.C6H6/c1-23-11-7-9-13-29(23)31-20-27(16-15-25(31)3)28-17-18-35-33(21-28)34-22-32(30-14-10-8-12-24(30)2)26(4)19-36(34)37(35,5)6;1-19-15-20(2)17-25(16-19)22(4)27-26(24-13-9-6-10-14-24)18-21(3)23-11-7-5-8-12-23;1-7-5-3-2-4-6-7;1-2-4-6-5-3-1/h7-8,10-12,14-22,26,32H,9,13H2,1-6H3;5-18H,4H2,1-3H3;2-6H,1H3;1-6H/b;21-18+,27-26?;;. The van der Waals surface area contributed by atoms with Gasteiger partial charge in [0.25, 0.3) is 0 Å². The molecule has 2 unspecified atom stereocenters. The van der Waals surface area contributed by atoms with Gasteiger partial charge in [-0.05, 0) is 176 Å². The summed E-state index contributed by atoms with van der Waals surface area (Å²) >= 11 is 0. The number of allylic oxidation sites excluding steroid dienone is 10. The number of fused-ring (bicyclic) bond motifs is 3. The summed E-state index contributed by atoms with van der Waals surface area (Å²) in [5.41, 5.74) is 26.9. The van der Waals surface area contributed by atoms with Gasteiger partial charge in [0.1, 0.15) is 0 Å². The van der Waals surface area contributed by atoms with Crippen LogP contribution in [0, 0.1) is 40.5 Å². The van der Waals surface area contributed by atoms with Crippen LogP contribution in [0.25, 0.3) is 33.5 Å². The van der Waals surface area contributed by atoms with Gasteiger partial charge >= 0.3 is 0 Å². The molecule has 3 aliphatic rings. The second kappa shape index (κ2) is 25.6. The molecule has 2 atom stereocenters. The molecule has 0 amide bonds. The molecule has 8 aromatic rings. The first-order chi connectivity index (χ1) is 37.2. The zero-order chi connectivity index (χ0) is 54.5. The molecule has 8 aromatic carbocycles. The number of rotatable bonds is 8. The van der Waals surface area contributed by atoms with Crippen molar-refractivity contribution in [2.24, 2.45) is 10.9 Å². The van der Waals surface area contributed by atoms with Gasteiger partial charge in [-0.15, -0.1) is 0 Å². The van der Waals surface area contributed by atoms with Crippen LogP contribution in [-0.4, -0.2) is 5.71 Å². The SMILES string of the molecule is C=C(N=C(/C=C(\C)c1ccccc1)c1ccccc1)c1cc(C)cc(C)c1.CC1=C(c2cc(-c3ccc4c(c3)C3=CC(c5ccccc5C)C(C)C=C3C4(C)C)ccc2C)CCC=C1.Cc1ccccc1.c1ccccc1. The molecule has 0 radical (unpaired) electrons. The Morgan fingerprint density at radius 2 is 1.09 bits per heavy atom. The Labute approximate surface area is 462 Å². The maximum atomic E-state index is 4.91. The van der Waals surface area contributed by atoms with Gasteiger partial charge in [0.15, 0.2) is 0 Å². The molecule has 77 heavy (non-hydrogen) atoms. The Balaban J connectivity index is 0.000000169. The topological polar surface area (TPSA) is 12.4 Å². The minimum Gasteiger partial charge on any atom is -0.248 e. The number of hydrogen-bond acceptors (Lipinski definition) is 1. The molecule has 0 spiro atoms. The van der Waals surface area contributed by atoms with Crippen LogP contribution in [0.3, 0.4) is 0 Å². The Morgan fingerprint density at radius 3 is 1.68 bits per heavy atom. The average Bonchev–Trinajstić information content (AvgIpc) is 3.75. The van der Waals surface area contributed by atoms with E-state index in [0.29, 0.717) is 11.8 Å². The average molecular weight is 1000 g/mol. The highest BCUT2D eigenvalue weighted by molar-refractivity contribution is 6.14. The molecular formula is C76H77N. The van der Waals surface area contributed by atoms with Crippen LogP contribution >= 0.6 is 0 Å². The quantitative estimate of drug-likeness (QED) is 0.135. The largest absolute Gasteiger partial charge is 0.248 e. The molecule has 1 heteroatoms. The maximum absolute atomic E-state index is 4.91. The lowest BCUT2D eigenvalue weighted by atomic mass is 9.73. The fourth-order valence-corrected chi connectivity index (χ4v) is 10.9. The van der Waals surface area contributed by atoms with E-state index in [0.717, 1.165) is 35.4 Å². The van der Waals surface area contributed by atoms with E-state index in [1.165, 1.54) is 94.6 Å². The number of nitrogens with zero attached hydrogens (tertiary/aromatic N) is 1. The monoisotopic (exact) mass is 1000 g/mol. The number of aliphatic imine (C=N–C) groups is 1. The van der Waals surface area contributed by atoms with Gasteiger partial charge in [0.2, 0.25) is 0 Å². The summed E-state index contributed by atoms with van der Waals surface area (Å²) in [6.07, 6.45) is 14.1. The summed E-state index contributed by atoms with van der Waals surface area (Å²) in [5.74, 6) is 0.888. The minimum atomic E-state index is 0.0272. The molecule has 11 rings (SSSR count). The summed E-state index contributed by atoms with van der Waals surface area (Å²) < 4.78 is 0. The molecule has 386 valence electrons. The van der Waals surface area contributed by atoms with Gasteiger partial charge in [0, 0.05) is 22.5 Å². The number of aryl methyl sites for hydroxylation is 5. The van der Waals surface area contributed by atoms with Crippen molar-refractivity contribution in [1.82, 2.24) is 0 Å². The lowest BCUT2D eigenvalue weighted by Crippen LogP contribution is -2.19. The fraction of sp³-hybridized carbons (Fsp3) is 0.197. The van der Waals surface area contributed by atoms with E-state index in [2.05, 4.69) is 234 Å². The fourth-order valence-electron chi connectivity index (χ4n) is 10.9. The molecule has 0 aromatic heterocycles. The van der Waals surface area contributed by atoms with Crippen molar-refractivity contribution in [2.75, 3.05) is 0 Å². The first-order valence-corrected chi connectivity index (χ1v) is 27.5. The highest BCUT2D eigenvalue weighted by atomic mass is 14.8. The van der Waals surface area contributed by atoms with E-state index in [9.17, 15) is 0 Å². The van der Waals surface area contributed by atoms with Crippen LogP contribution in [0.15, 0.2) is 259 Å². The first-order valence-electron chi connectivity index (χ1n) is 27.5. The third-order valence-electron chi connectivity index (χ3n) is 15.2. The van der Waals surface area contributed by atoms with Crippen molar-refractivity contribution in [1.29, 1.82) is 0 Å². The summed E-state index contributed by atoms with van der Waals surface area (Å²) in [7, 11) is 0. The molecule has 0 saturated carbocycles. The predicted molar refractivity (Wildman–Crippen MR) is 335 cm³/mol. The van der Waals surface area contributed by atoms with Gasteiger partial charge in [-0.25, -0.2) is 4.99 Å². The van der Waals surface area contributed by atoms with E-state index >= 15 is 0 Å². The lowest BCUT2D eigenvalue weighted by Gasteiger charge is -2.30. The van der Waals surface area contributed by atoms with Crippen LogP contribution < -0.4 is 0 Å². The second-order valence-corrected chi connectivity index (χ2v) is 21.6. The van der Waals surface area contributed by atoms with Gasteiger partial charge in [-0.2, -0.15) is 0 Å². The highest BCUT2D eigenvalue weighted by Gasteiger charge is 2.41. The third-order valence-corrected chi connectivity index (χ3v) is 15.2. The zero-order valence-electron chi connectivity index (χ0n) is 47.2. The highest BCUT2D eigenvalue weighted by Crippen LogP contribution is 2.55. The van der Waals surface area contributed by atoms with Crippen LogP contribution in [-0.2, 0) is 5.41 Å². The minimum absolute atomic E-state index is 0.0272. The lowest BCUT2D eigenvalue weighted by molar-refractivity contribution is 0.596. The van der Waals surface area contributed by atoms with E-state index in [1.807, 2.05) is 78.9 Å². The van der Waals surface area contributed by atoms with Gasteiger partial charge < -0.3 is 0 Å². The van der Waals surface area contributed by atoms with Crippen molar-refractivity contribution in [3.63, 3.8) is 0 Å². The summed E-state index contributed by atoms with van der Waals surface area (Å²) in [5, 5.41) is 0. The van der Waals surface area contributed by atoms with E-state index < -0.39 is 0 Å². The molecule has 0 N–H and O–H groups in total. The van der Waals surface area contributed by atoms with Crippen molar-refractivity contribution in [2.45, 2.75) is 93.4 Å². The maximum Gasteiger partial charge on any atom is 0.0712 e. The summed E-state index contributed by atoms with van der Waals surface area (Å²) in [6, 6.07) is 72.5. The molecular weight excluding hydrogens is 927 g/mol. The molecule has 3 aliphatic carbocycles. The van der Waals surface area contributed by atoms with Gasteiger partial charge in [0.05, 0.1) is 11.4 Å². The summed E-state index contributed by atoms with van der Waals surface area (Å²) in [4.78, 5) is 4.91. The zero-order valence-corrected chi connectivity index (χ0v) is 47.2. The Morgan fingerprint density at radius 1 is 0.545 bits per heavy atom. The van der Waals surface area contributed by atoms with Crippen LogP contribution in [0.2, 0.25) is 0 Å². The third kappa shape index (κ3) is 13.8. The molecule has 0 heterocycles. The smallest absolute Gasteiger partial charge is 0.0712 e. The van der Waals surface area contributed by atoms with Crippen molar-refractivity contribution < 1.29 is 0 Å². The van der Waals surface area contributed by atoms with Crippen molar-refractivity contribution >= 4 is 28.1 Å². The van der Waals surface area contributed by atoms with Crippen LogP contribution in [0.5, 0.6) is 0 Å². The van der Waals surface area contributed by atoms with Crippen LogP contribution in [0.4, 0.5) is 0 Å². The van der Waals surface area contributed by atoms with Crippen molar-refractivity contribution in [3.8, 4) is 11.1 Å². The molecule has 0 bridgehead atoms. The van der Waals surface area contributed by atoms with E-state index in [-0.39, 0.29) is 5.41 Å². The molecule has 1 nitrogen and oxygen atoms in total. The summed E-state index contributed by atoms with van der Waals surface area (Å²) in [6.45, 7) is 26.6. The Kier molecular flexibility index (Phi) is 18.3. The normalized spacial score (nSPS) is 16.2. The Hall–Kier alpha value is -8.13. The van der Waals surface area contributed by atoms with Crippen LogP contribution in [0.1, 0.15) is 120 Å². The van der Waals surface area contributed by atoms with Gasteiger partial charge in [-0.1, -0.05) is 250 Å².